The Morgan fingerprint density at radius 3 is 2.48 bits per heavy atom. The minimum Gasteiger partial charge on any atom is -0.346 e. The highest BCUT2D eigenvalue weighted by Crippen LogP contribution is 2.61. The van der Waals surface area contributed by atoms with Gasteiger partial charge in [-0.2, -0.15) is 5.10 Å². The van der Waals surface area contributed by atoms with Crippen LogP contribution in [0.3, 0.4) is 0 Å². The van der Waals surface area contributed by atoms with Crippen molar-refractivity contribution in [1.29, 1.82) is 0 Å². The van der Waals surface area contributed by atoms with Crippen LogP contribution in [0, 0.1) is 23.2 Å². The van der Waals surface area contributed by atoms with E-state index in [1.54, 1.807) is 6.33 Å². The zero-order chi connectivity index (χ0) is 16.0. The fourth-order valence-electron chi connectivity index (χ4n) is 6.06. The number of hydrogen-bond acceptors (Lipinski definition) is 3. The van der Waals surface area contributed by atoms with Crippen LogP contribution in [-0.4, -0.2) is 20.7 Å². The van der Waals surface area contributed by atoms with Gasteiger partial charge in [-0.3, -0.25) is 4.79 Å². The Bertz CT molecular complexity index is 558. The van der Waals surface area contributed by atoms with Crippen LogP contribution >= 0.6 is 0 Å². The van der Waals surface area contributed by atoms with E-state index in [0.717, 1.165) is 30.1 Å². The molecule has 0 spiro atoms. The summed E-state index contributed by atoms with van der Waals surface area (Å²) in [6, 6.07) is -0.0705. The van der Waals surface area contributed by atoms with E-state index in [0.29, 0.717) is 11.8 Å². The number of amides is 1. The van der Waals surface area contributed by atoms with E-state index in [2.05, 4.69) is 15.4 Å². The molecular weight excluding hydrogens is 288 g/mol. The lowest BCUT2D eigenvalue weighted by molar-refractivity contribution is -0.130. The number of carbonyl (C=O) groups is 1. The van der Waals surface area contributed by atoms with Gasteiger partial charge in [-0.05, 0) is 75.5 Å². The Morgan fingerprint density at radius 2 is 1.91 bits per heavy atom. The first-order valence-electron chi connectivity index (χ1n) is 9.24. The van der Waals surface area contributed by atoms with Crippen LogP contribution in [0.1, 0.15) is 70.7 Å². The van der Waals surface area contributed by atoms with Gasteiger partial charge in [0.1, 0.15) is 12.2 Å². The summed E-state index contributed by atoms with van der Waals surface area (Å²) in [7, 11) is 0. The number of aryl methyl sites for hydroxylation is 1. The molecule has 0 aliphatic heterocycles. The van der Waals surface area contributed by atoms with Crippen molar-refractivity contribution >= 4 is 5.91 Å². The summed E-state index contributed by atoms with van der Waals surface area (Å²) in [5.41, 5.74) is 0.303. The highest BCUT2D eigenvalue weighted by atomic mass is 16.1. The van der Waals surface area contributed by atoms with Gasteiger partial charge in [0, 0.05) is 13.0 Å². The van der Waals surface area contributed by atoms with Crippen molar-refractivity contribution < 1.29 is 4.79 Å². The lowest BCUT2D eigenvalue weighted by Crippen LogP contribution is -2.48. The third kappa shape index (κ3) is 2.79. The maximum atomic E-state index is 12.7. The molecule has 0 saturated heterocycles. The van der Waals surface area contributed by atoms with Gasteiger partial charge in [-0.1, -0.05) is 0 Å². The summed E-state index contributed by atoms with van der Waals surface area (Å²) in [6.45, 7) is 4.83. The van der Waals surface area contributed by atoms with Crippen LogP contribution in [0.25, 0.3) is 0 Å². The Morgan fingerprint density at radius 1 is 1.30 bits per heavy atom. The lowest BCUT2D eigenvalue weighted by atomic mass is 9.49. The molecule has 5 nitrogen and oxygen atoms in total. The number of hydrogen-bond donors (Lipinski definition) is 1. The molecule has 0 radical (unpaired) electrons. The second kappa shape index (κ2) is 5.60. The van der Waals surface area contributed by atoms with Crippen LogP contribution in [0.15, 0.2) is 6.33 Å². The van der Waals surface area contributed by atoms with Crippen molar-refractivity contribution in [3.8, 4) is 0 Å². The number of nitrogens with zero attached hydrogens (tertiary/aromatic N) is 3. The molecule has 1 amide bonds. The number of nitrogens with one attached hydrogen (secondary N) is 1. The molecule has 0 aromatic carbocycles. The van der Waals surface area contributed by atoms with Gasteiger partial charge in [0.15, 0.2) is 0 Å². The van der Waals surface area contributed by atoms with E-state index < -0.39 is 0 Å². The SMILES string of the molecule is CCn1ncnc1[C@H](C)NC(=O)CC12CC3CC(CC(C3)C1)C2. The van der Waals surface area contributed by atoms with Crippen LogP contribution in [-0.2, 0) is 11.3 Å². The molecule has 4 aliphatic rings. The average molecular weight is 316 g/mol. The van der Waals surface area contributed by atoms with Crippen LogP contribution in [0.2, 0.25) is 0 Å². The first kappa shape index (κ1) is 15.2. The maximum absolute atomic E-state index is 12.7. The van der Waals surface area contributed by atoms with Crippen molar-refractivity contribution in [3.05, 3.63) is 12.2 Å². The molecule has 5 rings (SSSR count). The van der Waals surface area contributed by atoms with Crippen molar-refractivity contribution in [3.63, 3.8) is 0 Å². The molecule has 1 aromatic heterocycles. The molecule has 4 aliphatic carbocycles. The van der Waals surface area contributed by atoms with Gasteiger partial charge in [-0.15, -0.1) is 0 Å². The van der Waals surface area contributed by atoms with Crippen LogP contribution in [0.4, 0.5) is 0 Å². The second-order valence-electron chi connectivity index (χ2n) is 8.32. The Kier molecular flexibility index (Phi) is 3.69. The Balaban J connectivity index is 1.40. The van der Waals surface area contributed by atoms with E-state index in [4.69, 9.17) is 0 Å². The molecular formula is C18H28N4O. The molecule has 1 N–H and O–H groups in total. The quantitative estimate of drug-likeness (QED) is 0.908. The van der Waals surface area contributed by atoms with Crippen molar-refractivity contribution in [2.24, 2.45) is 23.2 Å². The predicted octanol–water partition coefficient (Wildman–Crippen LogP) is 3.08. The van der Waals surface area contributed by atoms with Gasteiger partial charge in [-0.25, -0.2) is 9.67 Å². The average Bonchev–Trinajstić information content (AvgIpc) is 2.93. The fourth-order valence-corrected chi connectivity index (χ4v) is 6.06. The summed E-state index contributed by atoms with van der Waals surface area (Å²) in [6.07, 6.45) is 10.4. The summed E-state index contributed by atoms with van der Waals surface area (Å²) in [5, 5.41) is 7.37. The second-order valence-corrected chi connectivity index (χ2v) is 8.32. The third-order valence-corrected chi connectivity index (χ3v) is 6.41. The topological polar surface area (TPSA) is 59.8 Å². The molecule has 1 atom stereocenters. The smallest absolute Gasteiger partial charge is 0.221 e. The normalized spacial score (nSPS) is 36.2. The van der Waals surface area contributed by atoms with E-state index in [1.807, 2.05) is 18.5 Å². The lowest BCUT2D eigenvalue weighted by Gasteiger charge is -2.56. The van der Waals surface area contributed by atoms with E-state index in [1.165, 1.54) is 38.5 Å². The number of carbonyl (C=O) groups excluding carboxylic acids is 1. The molecule has 23 heavy (non-hydrogen) atoms. The zero-order valence-electron chi connectivity index (χ0n) is 14.3. The molecule has 126 valence electrons. The van der Waals surface area contributed by atoms with Crippen LogP contribution in [0.5, 0.6) is 0 Å². The largest absolute Gasteiger partial charge is 0.346 e. The number of aromatic nitrogens is 3. The summed E-state index contributed by atoms with van der Waals surface area (Å²) >= 11 is 0. The minimum atomic E-state index is -0.0705. The van der Waals surface area contributed by atoms with E-state index in [9.17, 15) is 4.79 Å². The van der Waals surface area contributed by atoms with Gasteiger partial charge >= 0.3 is 0 Å². The highest BCUT2D eigenvalue weighted by molar-refractivity contribution is 5.77. The maximum Gasteiger partial charge on any atom is 0.221 e. The third-order valence-electron chi connectivity index (χ3n) is 6.41. The minimum absolute atomic E-state index is 0.0705. The van der Waals surface area contributed by atoms with E-state index in [-0.39, 0.29) is 11.9 Å². The van der Waals surface area contributed by atoms with Crippen molar-refractivity contribution in [1.82, 2.24) is 20.1 Å². The Hall–Kier alpha value is -1.39. The molecule has 5 heteroatoms. The van der Waals surface area contributed by atoms with Gasteiger partial charge < -0.3 is 5.32 Å². The first-order valence-corrected chi connectivity index (χ1v) is 9.24. The fraction of sp³-hybridized carbons (Fsp3) is 0.833. The molecule has 4 fully saturated rings. The number of rotatable bonds is 5. The van der Waals surface area contributed by atoms with Gasteiger partial charge in [0.25, 0.3) is 0 Å². The first-order chi connectivity index (χ1) is 11.1. The summed E-state index contributed by atoms with van der Waals surface area (Å²) < 4.78 is 1.86. The standard InChI is InChI=1S/C18H28N4O/c1-3-22-17(19-11-20-22)12(2)21-16(23)10-18-7-13-4-14(8-18)6-15(5-13)9-18/h11-15H,3-10H2,1-2H3,(H,21,23)/t12-,13?,14?,15?,18?/m0/s1. The van der Waals surface area contributed by atoms with Gasteiger partial charge in [0.05, 0.1) is 6.04 Å². The highest BCUT2D eigenvalue weighted by Gasteiger charge is 2.51. The molecule has 1 aromatic rings. The molecule has 0 unspecified atom stereocenters. The monoisotopic (exact) mass is 316 g/mol. The summed E-state index contributed by atoms with van der Waals surface area (Å²) in [4.78, 5) is 17.0. The zero-order valence-corrected chi connectivity index (χ0v) is 14.3. The van der Waals surface area contributed by atoms with Crippen molar-refractivity contribution in [2.75, 3.05) is 0 Å². The predicted molar refractivity (Wildman–Crippen MR) is 87.5 cm³/mol. The van der Waals surface area contributed by atoms with E-state index >= 15 is 0 Å². The van der Waals surface area contributed by atoms with Gasteiger partial charge in [0.2, 0.25) is 5.91 Å². The van der Waals surface area contributed by atoms with Crippen LogP contribution < -0.4 is 5.32 Å². The molecule has 1 heterocycles. The summed E-state index contributed by atoms with van der Waals surface area (Å²) in [5.74, 6) is 3.75. The molecule has 4 saturated carbocycles. The molecule has 4 bridgehead atoms. The Labute approximate surface area is 138 Å². The van der Waals surface area contributed by atoms with Crippen molar-refractivity contribution in [2.45, 2.75) is 71.4 Å².